The van der Waals surface area contributed by atoms with E-state index >= 15 is 0 Å². The Morgan fingerprint density at radius 3 is 2.50 bits per heavy atom. The molecular weight excluding hydrogens is 261 g/mol. The Kier molecular flexibility index (Phi) is 4.87. The van der Waals surface area contributed by atoms with Crippen LogP contribution in [0.3, 0.4) is 0 Å². The van der Waals surface area contributed by atoms with Crippen molar-refractivity contribution in [1.82, 2.24) is 4.90 Å². The molecule has 0 aromatic carbocycles. The van der Waals surface area contributed by atoms with Gasteiger partial charge in [0.15, 0.2) is 0 Å². The quantitative estimate of drug-likeness (QED) is 0.568. The van der Waals surface area contributed by atoms with E-state index in [1.54, 1.807) is 0 Å². The lowest BCUT2D eigenvalue weighted by molar-refractivity contribution is 0.202. The first-order valence-electron chi connectivity index (χ1n) is 4.97. The van der Waals surface area contributed by atoms with Crippen molar-refractivity contribution in [2.24, 2.45) is 11.8 Å². The van der Waals surface area contributed by atoms with Gasteiger partial charge in [-0.25, -0.2) is 0 Å². The highest BCUT2D eigenvalue weighted by Gasteiger charge is 2.18. The van der Waals surface area contributed by atoms with Gasteiger partial charge in [0, 0.05) is 4.43 Å². The van der Waals surface area contributed by atoms with Crippen LogP contribution in [0.15, 0.2) is 0 Å². The second-order valence-electron chi connectivity index (χ2n) is 4.24. The molecule has 0 bridgehead atoms. The summed E-state index contributed by atoms with van der Waals surface area (Å²) in [5.74, 6) is 1.95. The zero-order valence-electron chi connectivity index (χ0n) is 8.22. The highest BCUT2D eigenvalue weighted by Crippen LogP contribution is 2.24. The lowest BCUT2D eigenvalue weighted by atomic mass is 9.89. The summed E-state index contributed by atoms with van der Waals surface area (Å²) >= 11 is 2.50. The number of likely N-dealkylation sites (tertiary alicyclic amines) is 1. The molecule has 2 heteroatoms. The van der Waals surface area contributed by atoms with E-state index in [0.717, 1.165) is 11.8 Å². The van der Waals surface area contributed by atoms with E-state index in [-0.39, 0.29) is 0 Å². The average Bonchev–Trinajstić information content (AvgIpc) is 2.09. The summed E-state index contributed by atoms with van der Waals surface area (Å²) in [6.45, 7) is 5.02. The second kappa shape index (κ2) is 5.43. The van der Waals surface area contributed by atoms with Gasteiger partial charge in [0.2, 0.25) is 0 Å². The van der Waals surface area contributed by atoms with Gasteiger partial charge < -0.3 is 4.90 Å². The van der Waals surface area contributed by atoms with Crippen molar-refractivity contribution in [3.63, 3.8) is 0 Å². The Bertz CT molecular complexity index is 119. The molecule has 0 aromatic heterocycles. The molecule has 1 saturated heterocycles. The van der Waals surface area contributed by atoms with Gasteiger partial charge in [-0.15, -0.1) is 0 Å². The number of nitrogens with zero attached hydrogens (tertiary/aromatic N) is 1. The molecule has 1 aliphatic heterocycles. The summed E-state index contributed by atoms with van der Waals surface area (Å²) in [5, 5.41) is 0. The van der Waals surface area contributed by atoms with Crippen molar-refractivity contribution in [1.29, 1.82) is 0 Å². The van der Waals surface area contributed by atoms with Crippen molar-refractivity contribution in [3.05, 3.63) is 0 Å². The van der Waals surface area contributed by atoms with Crippen LogP contribution in [0.4, 0.5) is 0 Å². The van der Waals surface area contributed by atoms with Crippen molar-refractivity contribution in [3.8, 4) is 0 Å². The molecule has 0 N–H and O–H groups in total. The van der Waals surface area contributed by atoms with Crippen LogP contribution in [0.1, 0.15) is 26.2 Å². The first-order valence-corrected chi connectivity index (χ1v) is 6.49. The SMILES string of the molecule is C[C@H](CI)CC1CCN(C)CC1. The minimum atomic E-state index is 0.930. The molecule has 1 fully saturated rings. The van der Waals surface area contributed by atoms with E-state index in [1.807, 2.05) is 0 Å². The minimum Gasteiger partial charge on any atom is -0.306 e. The van der Waals surface area contributed by atoms with Crippen LogP contribution in [0.2, 0.25) is 0 Å². The standard InChI is InChI=1S/C10H20IN/c1-9(8-11)7-10-3-5-12(2)6-4-10/h9-10H,3-8H2,1-2H3/t9-/m0/s1. The highest BCUT2D eigenvalue weighted by molar-refractivity contribution is 14.1. The molecule has 0 spiro atoms. The third-order valence-electron chi connectivity index (χ3n) is 2.84. The van der Waals surface area contributed by atoms with Gasteiger partial charge in [-0.05, 0) is 51.2 Å². The number of alkyl halides is 1. The van der Waals surface area contributed by atoms with Crippen LogP contribution in [0.25, 0.3) is 0 Å². The fourth-order valence-electron chi connectivity index (χ4n) is 1.93. The molecule has 0 aromatic rings. The third-order valence-corrected chi connectivity index (χ3v) is 4.34. The Morgan fingerprint density at radius 1 is 1.42 bits per heavy atom. The molecule has 0 amide bonds. The molecule has 0 unspecified atom stereocenters. The maximum Gasteiger partial charge on any atom is 0.00211 e. The molecular formula is C10H20IN. The predicted octanol–water partition coefficient (Wildman–Crippen LogP) is 2.79. The molecule has 1 atom stereocenters. The largest absolute Gasteiger partial charge is 0.306 e. The van der Waals surface area contributed by atoms with Crippen molar-refractivity contribution in [2.75, 3.05) is 24.6 Å². The van der Waals surface area contributed by atoms with Crippen LogP contribution in [0.5, 0.6) is 0 Å². The fraction of sp³-hybridized carbons (Fsp3) is 1.00. The van der Waals surface area contributed by atoms with Crippen LogP contribution < -0.4 is 0 Å². The molecule has 0 aliphatic carbocycles. The molecule has 0 radical (unpaired) electrons. The number of rotatable bonds is 3. The first-order chi connectivity index (χ1) is 5.72. The molecule has 0 saturated carbocycles. The summed E-state index contributed by atoms with van der Waals surface area (Å²) in [4.78, 5) is 2.45. The molecule has 72 valence electrons. The van der Waals surface area contributed by atoms with Gasteiger partial charge in [0.25, 0.3) is 0 Å². The van der Waals surface area contributed by atoms with Gasteiger partial charge in [-0.3, -0.25) is 0 Å². The predicted molar refractivity (Wildman–Crippen MR) is 62.9 cm³/mol. The Hall–Kier alpha value is 0.690. The summed E-state index contributed by atoms with van der Waals surface area (Å²) < 4.78 is 1.32. The summed E-state index contributed by atoms with van der Waals surface area (Å²) in [6, 6.07) is 0. The number of piperidine rings is 1. The van der Waals surface area contributed by atoms with Crippen LogP contribution in [0, 0.1) is 11.8 Å². The van der Waals surface area contributed by atoms with Crippen LogP contribution >= 0.6 is 22.6 Å². The van der Waals surface area contributed by atoms with E-state index in [2.05, 4.69) is 41.5 Å². The van der Waals surface area contributed by atoms with Crippen molar-refractivity contribution >= 4 is 22.6 Å². The van der Waals surface area contributed by atoms with Crippen LogP contribution in [-0.4, -0.2) is 29.5 Å². The first kappa shape index (κ1) is 10.8. The van der Waals surface area contributed by atoms with Gasteiger partial charge in [0.05, 0.1) is 0 Å². The highest BCUT2D eigenvalue weighted by atomic mass is 127. The van der Waals surface area contributed by atoms with Gasteiger partial charge in [-0.1, -0.05) is 29.5 Å². The third kappa shape index (κ3) is 3.60. The van der Waals surface area contributed by atoms with E-state index < -0.39 is 0 Å². The molecule has 1 heterocycles. The van der Waals surface area contributed by atoms with Crippen LogP contribution in [-0.2, 0) is 0 Å². The fourth-order valence-corrected chi connectivity index (χ4v) is 2.29. The van der Waals surface area contributed by atoms with Crippen molar-refractivity contribution in [2.45, 2.75) is 26.2 Å². The molecule has 1 rings (SSSR count). The second-order valence-corrected chi connectivity index (χ2v) is 5.12. The zero-order valence-corrected chi connectivity index (χ0v) is 10.4. The van der Waals surface area contributed by atoms with E-state index in [1.165, 1.54) is 36.8 Å². The number of halogens is 1. The molecule has 1 aliphatic rings. The topological polar surface area (TPSA) is 3.24 Å². The smallest absolute Gasteiger partial charge is 0.00211 e. The lowest BCUT2D eigenvalue weighted by Gasteiger charge is -2.30. The average molecular weight is 281 g/mol. The maximum atomic E-state index is 2.50. The van der Waals surface area contributed by atoms with E-state index in [0.29, 0.717) is 0 Å². The lowest BCUT2D eigenvalue weighted by Crippen LogP contribution is -2.30. The zero-order chi connectivity index (χ0) is 8.97. The number of hydrogen-bond acceptors (Lipinski definition) is 1. The summed E-state index contributed by atoms with van der Waals surface area (Å²) in [6.07, 6.45) is 4.31. The van der Waals surface area contributed by atoms with E-state index in [4.69, 9.17) is 0 Å². The molecule has 12 heavy (non-hydrogen) atoms. The maximum absolute atomic E-state index is 2.50. The Balaban J connectivity index is 2.17. The normalized spacial score (nSPS) is 24.2. The summed E-state index contributed by atoms with van der Waals surface area (Å²) in [5.41, 5.74) is 0. The van der Waals surface area contributed by atoms with Gasteiger partial charge in [0.1, 0.15) is 0 Å². The monoisotopic (exact) mass is 281 g/mol. The number of hydrogen-bond donors (Lipinski definition) is 0. The van der Waals surface area contributed by atoms with E-state index in [9.17, 15) is 0 Å². The summed E-state index contributed by atoms with van der Waals surface area (Å²) in [7, 11) is 2.23. The van der Waals surface area contributed by atoms with Gasteiger partial charge >= 0.3 is 0 Å². The minimum absolute atomic E-state index is 0.930. The Morgan fingerprint density at radius 2 is 2.00 bits per heavy atom. The Labute approximate surface area is 90.0 Å². The van der Waals surface area contributed by atoms with Gasteiger partial charge in [-0.2, -0.15) is 0 Å². The van der Waals surface area contributed by atoms with Crippen molar-refractivity contribution < 1.29 is 0 Å². The molecule has 1 nitrogen and oxygen atoms in total.